The molecule has 158 valence electrons. The maximum Gasteiger partial charge on any atom is 0.334 e. The number of methoxy groups -OCH3 is 1. The second-order valence-corrected chi connectivity index (χ2v) is 6.58. The van der Waals surface area contributed by atoms with Crippen LogP contribution in [0, 0.1) is 0 Å². The molecule has 0 heterocycles. The first-order valence-electron chi connectivity index (χ1n) is 10.4. The fourth-order valence-corrected chi connectivity index (χ4v) is 2.81. The third-order valence-corrected chi connectivity index (χ3v) is 4.31. The fourth-order valence-electron chi connectivity index (χ4n) is 2.81. The maximum absolute atomic E-state index is 11.7. The lowest BCUT2D eigenvalue weighted by atomic mass is 10.0. The van der Waals surface area contributed by atoms with E-state index in [-0.39, 0.29) is 5.76 Å². The summed E-state index contributed by atoms with van der Waals surface area (Å²) in [7, 11) is 1.32. The van der Waals surface area contributed by atoms with E-state index in [1.165, 1.54) is 57.3 Å². The van der Waals surface area contributed by atoms with Gasteiger partial charge in [0.15, 0.2) is 5.76 Å². The first kappa shape index (κ1) is 24.2. The molecule has 0 bridgehead atoms. The zero-order valence-electron chi connectivity index (χ0n) is 17.9. The molecule has 0 saturated carbocycles. The minimum absolute atomic E-state index is 0.277. The van der Waals surface area contributed by atoms with Crippen molar-refractivity contribution < 1.29 is 23.7 Å². The van der Waals surface area contributed by atoms with Crippen LogP contribution in [0.25, 0.3) is 0 Å². The lowest BCUT2D eigenvalue weighted by Crippen LogP contribution is -2.24. The minimum atomic E-state index is -0.753. The molecule has 0 aromatic heterocycles. The minimum Gasteiger partial charge on any atom is -0.466 e. The van der Waals surface area contributed by atoms with Crippen molar-refractivity contribution in [2.24, 2.45) is 0 Å². The van der Waals surface area contributed by atoms with Gasteiger partial charge in [0.25, 0.3) is 0 Å². The van der Waals surface area contributed by atoms with Crippen LogP contribution >= 0.6 is 0 Å². The van der Waals surface area contributed by atoms with Gasteiger partial charge in [-0.1, -0.05) is 51.2 Å². The van der Waals surface area contributed by atoms with Crippen molar-refractivity contribution in [3.05, 3.63) is 41.7 Å². The van der Waals surface area contributed by atoms with Crippen LogP contribution in [-0.4, -0.2) is 32.6 Å². The van der Waals surface area contributed by atoms with Crippen LogP contribution in [-0.2, 0) is 25.4 Å². The number of esters is 1. The second-order valence-electron chi connectivity index (χ2n) is 6.58. The van der Waals surface area contributed by atoms with Gasteiger partial charge >= 0.3 is 5.97 Å². The second kappa shape index (κ2) is 15.1. The number of rotatable bonds is 15. The van der Waals surface area contributed by atoms with Crippen molar-refractivity contribution >= 4 is 5.97 Å². The summed E-state index contributed by atoms with van der Waals surface area (Å²) in [4.78, 5) is 11.7. The Labute approximate surface area is 170 Å². The summed E-state index contributed by atoms with van der Waals surface area (Å²) >= 11 is 0. The summed E-state index contributed by atoms with van der Waals surface area (Å²) in [5.74, 6) is 0.393. The van der Waals surface area contributed by atoms with Gasteiger partial charge < -0.3 is 18.9 Å². The van der Waals surface area contributed by atoms with E-state index in [0.717, 1.165) is 6.42 Å². The van der Waals surface area contributed by atoms with E-state index >= 15 is 0 Å². The molecule has 0 fully saturated rings. The number of ether oxygens (including phenoxy) is 4. The Morgan fingerprint density at radius 3 is 2.11 bits per heavy atom. The molecule has 1 rings (SSSR count). The summed E-state index contributed by atoms with van der Waals surface area (Å²) in [6.45, 7) is 6.82. The van der Waals surface area contributed by atoms with Crippen molar-refractivity contribution in [1.82, 2.24) is 0 Å². The van der Waals surface area contributed by atoms with Gasteiger partial charge in [-0.25, -0.2) is 4.79 Å². The molecule has 0 N–H and O–H groups in total. The molecular weight excluding hydrogens is 356 g/mol. The maximum atomic E-state index is 11.7. The molecule has 0 amide bonds. The predicted molar refractivity (Wildman–Crippen MR) is 111 cm³/mol. The lowest BCUT2D eigenvalue weighted by molar-refractivity contribution is -0.138. The molecule has 0 saturated heterocycles. The number of hydrogen-bond acceptors (Lipinski definition) is 5. The van der Waals surface area contributed by atoms with E-state index in [2.05, 4.69) is 19.1 Å². The Kier molecular flexibility index (Phi) is 13.1. The highest BCUT2D eigenvalue weighted by molar-refractivity contribution is 5.82. The van der Waals surface area contributed by atoms with Crippen LogP contribution in [0.5, 0.6) is 5.75 Å². The SMILES string of the molecule is CCCCCCCCc1ccc(O/C(=C\C(=O)OC)C(OCC)OCC)cc1. The Hall–Kier alpha value is -1.85. The third-order valence-electron chi connectivity index (χ3n) is 4.31. The van der Waals surface area contributed by atoms with Gasteiger partial charge in [-0.15, -0.1) is 0 Å². The van der Waals surface area contributed by atoms with Gasteiger partial charge in [0.1, 0.15) is 5.75 Å². The van der Waals surface area contributed by atoms with Gasteiger partial charge in [-0.3, -0.25) is 0 Å². The fraction of sp³-hybridized carbons (Fsp3) is 0.609. The van der Waals surface area contributed by atoms with Gasteiger partial charge in [-0.2, -0.15) is 0 Å². The highest BCUT2D eigenvalue weighted by Gasteiger charge is 2.19. The average Bonchev–Trinajstić information content (AvgIpc) is 2.71. The van der Waals surface area contributed by atoms with Crippen molar-refractivity contribution in [3.63, 3.8) is 0 Å². The molecule has 0 atom stereocenters. The average molecular weight is 393 g/mol. The number of benzene rings is 1. The summed E-state index contributed by atoms with van der Waals surface area (Å²) in [6, 6.07) is 7.94. The molecule has 1 aromatic carbocycles. The zero-order valence-corrected chi connectivity index (χ0v) is 17.9. The van der Waals surface area contributed by atoms with E-state index in [4.69, 9.17) is 18.9 Å². The van der Waals surface area contributed by atoms with Crippen LogP contribution in [0.3, 0.4) is 0 Å². The lowest BCUT2D eigenvalue weighted by Gasteiger charge is -2.20. The monoisotopic (exact) mass is 392 g/mol. The molecule has 0 aliphatic heterocycles. The quantitative estimate of drug-likeness (QED) is 0.131. The van der Waals surface area contributed by atoms with Crippen LogP contribution in [0.1, 0.15) is 64.9 Å². The van der Waals surface area contributed by atoms with Gasteiger partial charge in [0, 0.05) is 13.2 Å². The van der Waals surface area contributed by atoms with Gasteiger partial charge in [-0.05, 0) is 44.4 Å². The van der Waals surface area contributed by atoms with E-state index in [1.807, 2.05) is 26.0 Å². The van der Waals surface area contributed by atoms with E-state index in [0.29, 0.717) is 19.0 Å². The number of unbranched alkanes of at least 4 members (excludes halogenated alkanes) is 5. The van der Waals surface area contributed by atoms with Crippen LogP contribution in [0.15, 0.2) is 36.1 Å². The normalized spacial score (nSPS) is 11.7. The highest BCUT2D eigenvalue weighted by Crippen LogP contribution is 2.20. The first-order chi connectivity index (χ1) is 13.6. The molecule has 5 nitrogen and oxygen atoms in total. The number of carbonyl (C=O) groups excluding carboxylic acids is 1. The molecule has 0 aliphatic carbocycles. The van der Waals surface area contributed by atoms with Crippen LogP contribution < -0.4 is 4.74 Å². The molecular formula is C23H36O5. The van der Waals surface area contributed by atoms with E-state index < -0.39 is 12.3 Å². The van der Waals surface area contributed by atoms with Gasteiger partial charge in [0.05, 0.1) is 13.2 Å². The zero-order chi connectivity index (χ0) is 20.6. The van der Waals surface area contributed by atoms with Crippen molar-refractivity contribution in [2.45, 2.75) is 72.0 Å². The largest absolute Gasteiger partial charge is 0.466 e. The third kappa shape index (κ3) is 9.90. The first-order valence-corrected chi connectivity index (χ1v) is 10.4. The summed E-state index contributed by atoms with van der Waals surface area (Å²) in [5.41, 5.74) is 1.28. The van der Waals surface area contributed by atoms with Crippen molar-refractivity contribution in [1.29, 1.82) is 0 Å². The van der Waals surface area contributed by atoms with Crippen molar-refractivity contribution in [3.8, 4) is 5.75 Å². The Morgan fingerprint density at radius 1 is 0.929 bits per heavy atom. The molecule has 1 aromatic rings. The summed E-state index contributed by atoms with van der Waals surface area (Å²) < 4.78 is 21.7. The van der Waals surface area contributed by atoms with E-state index in [1.54, 1.807) is 0 Å². The van der Waals surface area contributed by atoms with E-state index in [9.17, 15) is 4.79 Å². The Bertz CT molecular complexity index is 559. The Balaban J connectivity index is 2.67. The number of aryl methyl sites for hydroxylation is 1. The van der Waals surface area contributed by atoms with Gasteiger partial charge in [0.2, 0.25) is 6.29 Å². The predicted octanol–water partition coefficient (Wildman–Crippen LogP) is 5.42. The highest BCUT2D eigenvalue weighted by atomic mass is 16.7. The topological polar surface area (TPSA) is 54.0 Å². The van der Waals surface area contributed by atoms with Crippen LogP contribution in [0.4, 0.5) is 0 Å². The molecule has 0 radical (unpaired) electrons. The molecule has 5 heteroatoms. The molecule has 0 spiro atoms. The Morgan fingerprint density at radius 2 is 1.54 bits per heavy atom. The van der Waals surface area contributed by atoms with Crippen molar-refractivity contribution in [2.75, 3.05) is 20.3 Å². The molecule has 0 unspecified atom stereocenters. The van der Waals surface area contributed by atoms with Crippen LogP contribution in [0.2, 0.25) is 0 Å². The number of hydrogen-bond donors (Lipinski definition) is 0. The molecule has 0 aliphatic rings. The summed E-state index contributed by atoms with van der Waals surface area (Å²) in [5, 5.41) is 0. The summed E-state index contributed by atoms with van der Waals surface area (Å²) in [6.07, 6.45) is 9.31. The number of carbonyl (C=O) groups is 1. The molecule has 28 heavy (non-hydrogen) atoms. The standard InChI is InChI=1S/C23H36O5/c1-5-8-9-10-11-12-13-19-14-16-20(17-15-19)28-21(18-22(24)25-4)23(26-6-2)27-7-3/h14-18,23H,5-13H2,1-4H3/b21-18-. The smallest absolute Gasteiger partial charge is 0.334 e.